The molecule has 1 N–H and O–H groups in total. The fourth-order valence-corrected chi connectivity index (χ4v) is 5.34. The largest absolute Gasteiger partial charge is 0.352 e. The lowest BCUT2D eigenvalue weighted by Gasteiger charge is -2.32. The summed E-state index contributed by atoms with van der Waals surface area (Å²) in [7, 11) is 0. The summed E-state index contributed by atoms with van der Waals surface area (Å²) in [6, 6.07) is 22.5. The zero-order valence-corrected chi connectivity index (χ0v) is 23.2. The Labute approximate surface area is 228 Å². The highest BCUT2D eigenvalue weighted by atomic mass is 35.5. The van der Waals surface area contributed by atoms with Crippen LogP contribution in [0.2, 0.25) is 10.0 Å². The van der Waals surface area contributed by atoms with Gasteiger partial charge in [-0.25, -0.2) is 0 Å². The van der Waals surface area contributed by atoms with Crippen molar-refractivity contribution in [2.45, 2.75) is 51.6 Å². The van der Waals surface area contributed by atoms with Gasteiger partial charge in [-0.3, -0.25) is 9.59 Å². The summed E-state index contributed by atoms with van der Waals surface area (Å²) in [6.07, 6.45) is 0.435. The molecule has 7 heteroatoms. The zero-order chi connectivity index (χ0) is 26.1. The first-order valence-corrected chi connectivity index (χ1v) is 13.9. The van der Waals surface area contributed by atoms with Gasteiger partial charge in [0.05, 0.1) is 5.75 Å². The van der Waals surface area contributed by atoms with E-state index in [4.69, 9.17) is 23.2 Å². The molecule has 1 atom stereocenters. The van der Waals surface area contributed by atoms with Gasteiger partial charge in [-0.05, 0) is 55.2 Å². The predicted octanol–water partition coefficient (Wildman–Crippen LogP) is 6.70. The number of thioether (sulfide) groups is 1. The van der Waals surface area contributed by atoms with Gasteiger partial charge in [0.15, 0.2) is 0 Å². The molecule has 3 rings (SSSR count). The summed E-state index contributed by atoms with van der Waals surface area (Å²) in [5.74, 6) is 0.557. The number of carbonyl (C=O) groups is 2. The molecule has 0 heterocycles. The molecule has 190 valence electrons. The average Bonchev–Trinajstić information content (AvgIpc) is 2.84. The molecule has 1 unspecified atom stereocenters. The van der Waals surface area contributed by atoms with Crippen LogP contribution in [0.15, 0.2) is 72.8 Å². The Morgan fingerprint density at radius 1 is 0.944 bits per heavy atom. The second kappa shape index (κ2) is 13.7. The lowest BCUT2D eigenvalue weighted by molar-refractivity contribution is -0.139. The minimum absolute atomic E-state index is 0.0346. The lowest BCUT2D eigenvalue weighted by atomic mass is 10.0. The van der Waals surface area contributed by atoms with Crippen LogP contribution in [0.5, 0.6) is 0 Å². The van der Waals surface area contributed by atoms with E-state index in [1.165, 1.54) is 11.8 Å². The van der Waals surface area contributed by atoms with E-state index in [0.717, 1.165) is 22.3 Å². The number of amides is 2. The van der Waals surface area contributed by atoms with Crippen molar-refractivity contribution >= 4 is 46.8 Å². The molecule has 2 amide bonds. The third-order valence-corrected chi connectivity index (χ3v) is 7.36. The standard InChI is InChI=1S/C29H32Cl2N2O2S/c1-20(2)32-29(35)27(15-22-10-5-4-6-11-22)33(17-23-12-8-7-9-21(23)3)28(34)19-36-18-24-13-14-25(30)16-26(24)31/h4-14,16,20,27H,15,17-19H2,1-3H3,(H,32,35). The van der Waals surface area contributed by atoms with E-state index in [1.807, 2.05) is 81.4 Å². The monoisotopic (exact) mass is 542 g/mol. The number of nitrogens with one attached hydrogen (secondary N) is 1. The van der Waals surface area contributed by atoms with Crippen molar-refractivity contribution in [1.29, 1.82) is 0 Å². The Hall–Kier alpha value is -2.47. The van der Waals surface area contributed by atoms with E-state index >= 15 is 0 Å². The molecule has 0 fully saturated rings. The Morgan fingerprint density at radius 3 is 2.31 bits per heavy atom. The molecule has 0 spiro atoms. The highest BCUT2D eigenvalue weighted by molar-refractivity contribution is 7.99. The first kappa shape index (κ1) is 28.1. The van der Waals surface area contributed by atoms with E-state index in [-0.39, 0.29) is 23.6 Å². The third kappa shape index (κ3) is 8.29. The van der Waals surface area contributed by atoms with E-state index in [9.17, 15) is 9.59 Å². The number of carbonyl (C=O) groups excluding carboxylic acids is 2. The van der Waals surface area contributed by atoms with Gasteiger partial charge in [0.2, 0.25) is 11.8 Å². The van der Waals surface area contributed by atoms with Crippen molar-refractivity contribution in [2.75, 3.05) is 5.75 Å². The van der Waals surface area contributed by atoms with Gasteiger partial charge in [0, 0.05) is 34.8 Å². The Bertz CT molecular complexity index is 1170. The molecule has 0 saturated carbocycles. The van der Waals surface area contributed by atoms with Gasteiger partial charge in [-0.1, -0.05) is 83.9 Å². The number of hydrogen-bond acceptors (Lipinski definition) is 3. The van der Waals surface area contributed by atoms with Crippen LogP contribution in [-0.4, -0.2) is 34.6 Å². The van der Waals surface area contributed by atoms with Crippen molar-refractivity contribution in [3.8, 4) is 0 Å². The quantitative estimate of drug-likeness (QED) is 0.293. The topological polar surface area (TPSA) is 49.4 Å². The number of halogens is 2. The minimum Gasteiger partial charge on any atom is -0.352 e. The van der Waals surface area contributed by atoms with Crippen LogP contribution in [0.1, 0.15) is 36.1 Å². The minimum atomic E-state index is -0.637. The number of hydrogen-bond donors (Lipinski definition) is 1. The molecule has 0 saturated heterocycles. The van der Waals surface area contributed by atoms with Crippen molar-refractivity contribution < 1.29 is 9.59 Å². The second-order valence-corrected chi connectivity index (χ2v) is 10.9. The molecule has 36 heavy (non-hydrogen) atoms. The summed E-state index contributed by atoms with van der Waals surface area (Å²) >= 11 is 13.8. The smallest absolute Gasteiger partial charge is 0.243 e. The molecule has 4 nitrogen and oxygen atoms in total. The third-order valence-electron chi connectivity index (χ3n) is 5.80. The van der Waals surface area contributed by atoms with Crippen LogP contribution >= 0.6 is 35.0 Å². The van der Waals surface area contributed by atoms with Gasteiger partial charge in [0.1, 0.15) is 6.04 Å². The Morgan fingerprint density at radius 2 is 1.64 bits per heavy atom. The summed E-state index contributed by atoms with van der Waals surface area (Å²) in [6.45, 7) is 6.24. The summed E-state index contributed by atoms with van der Waals surface area (Å²) in [5, 5.41) is 4.18. The SMILES string of the molecule is Cc1ccccc1CN(C(=O)CSCc1ccc(Cl)cc1Cl)C(Cc1ccccc1)C(=O)NC(C)C. The van der Waals surface area contributed by atoms with Crippen LogP contribution in [0.4, 0.5) is 0 Å². The van der Waals surface area contributed by atoms with Crippen LogP contribution in [0.3, 0.4) is 0 Å². The summed E-state index contributed by atoms with van der Waals surface area (Å²) in [5.41, 5.74) is 4.03. The number of nitrogens with zero attached hydrogens (tertiary/aromatic N) is 1. The van der Waals surface area contributed by atoms with Gasteiger partial charge >= 0.3 is 0 Å². The van der Waals surface area contributed by atoms with E-state index < -0.39 is 6.04 Å². The molecule has 0 aromatic heterocycles. The van der Waals surface area contributed by atoms with Gasteiger partial charge in [-0.15, -0.1) is 11.8 Å². The van der Waals surface area contributed by atoms with Gasteiger partial charge in [0.25, 0.3) is 0 Å². The van der Waals surface area contributed by atoms with Crippen molar-refractivity contribution in [2.24, 2.45) is 0 Å². The van der Waals surface area contributed by atoms with Gasteiger partial charge < -0.3 is 10.2 Å². The molecule has 3 aromatic carbocycles. The van der Waals surface area contributed by atoms with Crippen molar-refractivity contribution in [3.05, 3.63) is 105 Å². The highest BCUT2D eigenvalue weighted by Crippen LogP contribution is 2.25. The summed E-state index contributed by atoms with van der Waals surface area (Å²) < 4.78 is 0. The average molecular weight is 544 g/mol. The van der Waals surface area contributed by atoms with E-state index in [1.54, 1.807) is 17.0 Å². The molecule has 0 aliphatic carbocycles. The normalized spacial score (nSPS) is 11.8. The second-order valence-electron chi connectivity index (χ2n) is 9.05. The van der Waals surface area contributed by atoms with Crippen LogP contribution in [0, 0.1) is 6.92 Å². The highest BCUT2D eigenvalue weighted by Gasteiger charge is 2.30. The first-order chi connectivity index (χ1) is 17.2. The van der Waals surface area contributed by atoms with Crippen LogP contribution in [-0.2, 0) is 28.3 Å². The van der Waals surface area contributed by atoms with Crippen molar-refractivity contribution in [1.82, 2.24) is 10.2 Å². The number of benzene rings is 3. The molecular formula is C29H32Cl2N2O2S. The van der Waals surface area contributed by atoms with Crippen LogP contribution < -0.4 is 5.32 Å². The number of rotatable bonds is 11. The maximum absolute atomic E-state index is 13.7. The summed E-state index contributed by atoms with van der Waals surface area (Å²) in [4.78, 5) is 28.8. The van der Waals surface area contributed by atoms with Gasteiger partial charge in [-0.2, -0.15) is 0 Å². The Balaban J connectivity index is 1.86. The van der Waals surface area contributed by atoms with Crippen molar-refractivity contribution in [3.63, 3.8) is 0 Å². The fourth-order valence-electron chi connectivity index (χ4n) is 3.88. The number of aryl methyl sites for hydroxylation is 1. The molecule has 0 aliphatic heterocycles. The Kier molecular flexibility index (Phi) is 10.7. The fraction of sp³-hybridized carbons (Fsp3) is 0.310. The zero-order valence-electron chi connectivity index (χ0n) is 20.8. The molecule has 3 aromatic rings. The lowest BCUT2D eigenvalue weighted by Crippen LogP contribution is -2.52. The maximum atomic E-state index is 13.7. The van der Waals surface area contributed by atoms with E-state index in [2.05, 4.69) is 5.32 Å². The van der Waals surface area contributed by atoms with Crippen LogP contribution in [0.25, 0.3) is 0 Å². The maximum Gasteiger partial charge on any atom is 0.243 e. The first-order valence-electron chi connectivity index (χ1n) is 11.9. The predicted molar refractivity (Wildman–Crippen MR) is 152 cm³/mol. The van der Waals surface area contributed by atoms with E-state index in [0.29, 0.717) is 28.8 Å². The molecule has 0 radical (unpaired) electrons. The molecule has 0 bridgehead atoms. The molecular weight excluding hydrogens is 511 g/mol. The molecule has 0 aliphatic rings.